The van der Waals surface area contributed by atoms with Gasteiger partial charge in [0.1, 0.15) is 11.3 Å². The van der Waals surface area contributed by atoms with Gasteiger partial charge in [-0.3, -0.25) is 0 Å². The van der Waals surface area contributed by atoms with Crippen LogP contribution in [0.4, 0.5) is 12.9 Å². The molecule has 0 saturated heterocycles. The van der Waals surface area contributed by atoms with Gasteiger partial charge in [0.2, 0.25) is 0 Å². The zero-order valence-corrected chi connectivity index (χ0v) is 13.7. The fourth-order valence-electron chi connectivity index (χ4n) is 2.85. The quantitative estimate of drug-likeness (QED) is 0.515. The number of allylic oxidation sites excluding steroid dienone is 2. The van der Waals surface area contributed by atoms with Crippen molar-refractivity contribution in [3.63, 3.8) is 0 Å². The van der Waals surface area contributed by atoms with Crippen LogP contribution in [-0.2, 0) is 0 Å². The zero-order chi connectivity index (χ0) is 15.9. The molecule has 0 N–H and O–H groups in total. The first kappa shape index (κ1) is 15.5. The fraction of sp³-hybridized carbons (Fsp3) is 0.267. The first-order chi connectivity index (χ1) is 10.4. The highest BCUT2D eigenvalue weighted by molar-refractivity contribution is 14.1. The smallest absolute Gasteiger partial charge is 0.458 e. The highest BCUT2D eigenvalue weighted by atomic mass is 127. The predicted octanol–water partition coefficient (Wildman–Crippen LogP) is 4.92. The lowest BCUT2D eigenvalue weighted by atomic mass is 9.75. The molecule has 1 aliphatic carbocycles. The van der Waals surface area contributed by atoms with Crippen molar-refractivity contribution < 1.29 is 17.4 Å². The molecule has 1 heterocycles. The Morgan fingerprint density at radius 1 is 1.23 bits per heavy atom. The number of nitrogens with zero attached hydrogens (tertiary/aromatic N) is 1. The molecule has 114 valence electrons. The maximum Gasteiger partial charge on any atom is 0.514 e. The van der Waals surface area contributed by atoms with Gasteiger partial charge in [-0.1, -0.05) is 11.5 Å². The van der Waals surface area contributed by atoms with Crippen molar-refractivity contribution in [2.24, 2.45) is 0 Å². The topological polar surface area (TPSA) is 36.9 Å². The molecule has 0 fully saturated rings. The second-order valence-corrected chi connectivity index (χ2v) is 6.50. The van der Waals surface area contributed by atoms with E-state index in [0.717, 1.165) is 19.3 Å². The number of hydrogen-bond donors (Lipinski definition) is 0. The molecule has 0 atom stereocenters. The summed E-state index contributed by atoms with van der Waals surface area (Å²) in [7, 11) is 0. The Balaban J connectivity index is 2.35. The summed E-state index contributed by atoms with van der Waals surface area (Å²) in [6, 6.07) is 4.72. The van der Waals surface area contributed by atoms with Crippen LogP contribution >= 0.6 is 22.6 Å². The number of hydrogen-bond acceptors (Lipinski definition) is 2. The normalized spacial score (nSPS) is 15.7. The zero-order valence-electron chi connectivity index (χ0n) is 11.5. The lowest BCUT2D eigenvalue weighted by molar-refractivity contribution is 0.498. The van der Waals surface area contributed by atoms with E-state index in [0.29, 0.717) is 15.6 Å². The maximum atomic E-state index is 13.6. The molecule has 0 radical (unpaired) electrons. The first-order valence-corrected chi connectivity index (χ1v) is 8.05. The number of halogens is 4. The van der Waals surface area contributed by atoms with E-state index in [1.54, 1.807) is 6.07 Å². The van der Waals surface area contributed by atoms with Crippen LogP contribution in [0.5, 0.6) is 0 Å². The van der Waals surface area contributed by atoms with Gasteiger partial charge in [0.05, 0.1) is 15.2 Å². The van der Waals surface area contributed by atoms with E-state index in [9.17, 15) is 12.9 Å². The fourth-order valence-corrected chi connectivity index (χ4v) is 3.59. The van der Waals surface area contributed by atoms with E-state index in [1.165, 1.54) is 6.07 Å². The second kappa shape index (κ2) is 5.65. The highest BCUT2D eigenvalue weighted by Gasteiger charge is 2.35. The SMILES string of the molecule is N#Cc1cc(I)c2oc(C3=CCCCC3)c([B-](F)(F)F)c2c1. The average molecular weight is 416 g/mol. The van der Waals surface area contributed by atoms with E-state index in [2.05, 4.69) is 0 Å². The van der Waals surface area contributed by atoms with Gasteiger partial charge in [0, 0.05) is 0 Å². The van der Waals surface area contributed by atoms with Crippen LogP contribution in [-0.4, -0.2) is 6.98 Å². The van der Waals surface area contributed by atoms with Crippen LogP contribution in [0.3, 0.4) is 0 Å². The Morgan fingerprint density at radius 2 is 2.00 bits per heavy atom. The minimum absolute atomic E-state index is 0.00239. The predicted molar refractivity (Wildman–Crippen MR) is 88.8 cm³/mol. The van der Waals surface area contributed by atoms with E-state index in [-0.39, 0.29) is 22.3 Å². The molecule has 7 heteroatoms. The molecule has 2 aromatic rings. The van der Waals surface area contributed by atoms with Gasteiger partial charge in [-0.05, 0) is 71.4 Å². The molecule has 0 aliphatic heterocycles. The molecular weight excluding hydrogens is 405 g/mol. The number of furan rings is 1. The average Bonchev–Trinajstić information content (AvgIpc) is 2.88. The van der Waals surface area contributed by atoms with Gasteiger partial charge < -0.3 is 17.4 Å². The van der Waals surface area contributed by atoms with Gasteiger partial charge in [-0.25, -0.2) is 0 Å². The molecule has 0 unspecified atom stereocenters. The van der Waals surface area contributed by atoms with Crippen LogP contribution in [0, 0.1) is 14.9 Å². The maximum absolute atomic E-state index is 13.6. The standard InChI is InChI=1S/C15H11BF3INO/c17-16(18,19)13-11-6-9(8-21)7-12(20)15(11)22-14(13)10-4-2-1-3-5-10/h4,6-7H,1-3,5H2/q-1. The van der Waals surface area contributed by atoms with Crippen molar-refractivity contribution in [2.45, 2.75) is 25.7 Å². The third-order valence-electron chi connectivity index (χ3n) is 3.82. The van der Waals surface area contributed by atoms with Gasteiger partial charge in [-0.2, -0.15) is 5.26 Å². The number of rotatable bonds is 2. The summed E-state index contributed by atoms with van der Waals surface area (Å²) in [6.45, 7) is -5.22. The van der Waals surface area contributed by atoms with Crippen molar-refractivity contribution in [1.29, 1.82) is 5.26 Å². The van der Waals surface area contributed by atoms with E-state index >= 15 is 0 Å². The summed E-state index contributed by atoms with van der Waals surface area (Å²) >= 11 is 1.91. The number of benzene rings is 1. The lowest BCUT2D eigenvalue weighted by Gasteiger charge is -2.18. The van der Waals surface area contributed by atoms with Crippen LogP contribution in [0.25, 0.3) is 16.5 Å². The van der Waals surface area contributed by atoms with Gasteiger partial charge in [-0.15, -0.1) is 0 Å². The molecule has 0 amide bonds. The Hall–Kier alpha value is -1.43. The minimum Gasteiger partial charge on any atom is -0.458 e. The molecule has 1 aromatic carbocycles. The van der Waals surface area contributed by atoms with Crippen molar-refractivity contribution in [2.75, 3.05) is 0 Å². The van der Waals surface area contributed by atoms with Gasteiger partial charge >= 0.3 is 6.98 Å². The van der Waals surface area contributed by atoms with E-state index in [1.807, 2.05) is 34.7 Å². The van der Waals surface area contributed by atoms with Gasteiger partial charge in [0.25, 0.3) is 0 Å². The summed E-state index contributed by atoms with van der Waals surface area (Å²) < 4.78 is 47.0. The largest absolute Gasteiger partial charge is 0.514 e. The van der Waals surface area contributed by atoms with Crippen LogP contribution in [0.2, 0.25) is 0 Å². The van der Waals surface area contributed by atoms with Crippen LogP contribution in [0.15, 0.2) is 22.6 Å². The van der Waals surface area contributed by atoms with Crippen molar-refractivity contribution in [1.82, 2.24) is 0 Å². The molecule has 3 rings (SSSR count). The summed E-state index contributed by atoms with van der Waals surface area (Å²) in [5.41, 5.74) is 0.363. The molecule has 2 nitrogen and oxygen atoms in total. The summed E-state index contributed by atoms with van der Waals surface area (Å²) in [5.74, 6) is -0.0600. The molecule has 0 spiro atoms. The molecule has 0 saturated carbocycles. The summed E-state index contributed by atoms with van der Waals surface area (Å²) in [4.78, 5) is 0. The van der Waals surface area contributed by atoms with E-state index in [4.69, 9.17) is 9.68 Å². The third kappa shape index (κ3) is 2.64. The summed E-state index contributed by atoms with van der Waals surface area (Å²) in [5, 5.41) is 9.00. The second-order valence-electron chi connectivity index (χ2n) is 5.34. The molecule has 1 aliphatic rings. The Bertz CT molecular complexity index is 817. The number of fused-ring (bicyclic) bond motifs is 1. The Kier molecular flexibility index (Phi) is 3.97. The minimum atomic E-state index is -5.22. The molecule has 1 aromatic heterocycles. The van der Waals surface area contributed by atoms with Crippen LogP contribution < -0.4 is 5.46 Å². The molecular formula is C15H11BF3INO-. The molecule has 22 heavy (non-hydrogen) atoms. The Labute approximate surface area is 139 Å². The van der Waals surface area contributed by atoms with Crippen molar-refractivity contribution >= 4 is 51.6 Å². The lowest BCUT2D eigenvalue weighted by Crippen LogP contribution is -2.36. The van der Waals surface area contributed by atoms with Crippen molar-refractivity contribution in [3.05, 3.63) is 33.1 Å². The monoisotopic (exact) mass is 416 g/mol. The summed E-state index contributed by atoms with van der Waals surface area (Å²) in [6.07, 6.45) is 5.07. The van der Waals surface area contributed by atoms with E-state index < -0.39 is 12.4 Å². The highest BCUT2D eigenvalue weighted by Crippen LogP contribution is 2.34. The number of nitriles is 1. The van der Waals surface area contributed by atoms with Crippen LogP contribution in [0.1, 0.15) is 37.0 Å². The third-order valence-corrected chi connectivity index (χ3v) is 4.62. The van der Waals surface area contributed by atoms with Gasteiger partial charge in [0.15, 0.2) is 0 Å². The Morgan fingerprint density at radius 3 is 2.59 bits per heavy atom. The first-order valence-electron chi connectivity index (χ1n) is 6.97. The molecule has 0 bridgehead atoms. The van der Waals surface area contributed by atoms with Crippen molar-refractivity contribution in [3.8, 4) is 6.07 Å².